The Morgan fingerprint density at radius 2 is 1.35 bits per heavy atom. The largest absolute Gasteiger partial charge is 0.490 e. The summed E-state index contributed by atoms with van der Waals surface area (Å²) in [6.07, 6.45) is 16.0. The van der Waals surface area contributed by atoms with Crippen molar-refractivity contribution in [3.05, 3.63) is 23.8 Å². The molecule has 1 aromatic carbocycles. The van der Waals surface area contributed by atoms with Gasteiger partial charge in [-0.25, -0.2) is 0 Å². The predicted molar refractivity (Wildman–Crippen MR) is 109 cm³/mol. The Labute approximate surface area is 160 Å². The van der Waals surface area contributed by atoms with Gasteiger partial charge < -0.3 is 9.47 Å². The summed E-state index contributed by atoms with van der Waals surface area (Å²) in [5.41, 5.74) is 1.05. The molecule has 0 spiro atoms. The first-order chi connectivity index (χ1) is 12.6. The maximum atomic E-state index is 11.2. The van der Waals surface area contributed by atoms with Crippen LogP contribution in [0.2, 0.25) is 0 Å². The number of esters is 1. The lowest BCUT2D eigenvalue weighted by Gasteiger charge is -2.11. The molecule has 1 aromatic rings. The van der Waals surface area contributed by atoms with Crippen molar-refractivity contribution in [3.63, 3.8) is 0 Å². The van der Waals surface area contributed by atoms with Crippen LogP contribution < -0.4 is 9.47 Å². The Morgan fingerprint density at radius 1 is 0.808 bits per heavy atom. The number of aryl methyl sites for hydroxylation is 1. The first kappa shape index (κ1) is 22.5. The maximum Gasteiger partial charge on any atom is 0.308 e. The molecule has 0 aliphatic heterocycles. The molecule has 3 nitrogen and oxygen atoms in total. The highest BCUT2D eigenvalue weighted by Gasteiger charge is 2.07. The van der Waals surface area contributed by atoms with Crippen LogP contribution in [-0.4, -0.2) is 12.6 Å². The van der Waals surface area contributed by atoms with Crippen LogP contribution in [0.25, 0.3) is 0 Å². The van der Waals surface area contributed by atoms with Crippen molar-refractivity contribution >= 4 is 5.97 Å². The molecule has 1 rings (SSSR count). The van der Waals surface area contributed by atoms with E-state index in [0.717, 1.165) is 12.0 Å². The highest BCUT2D eigenvalue weighted by atomic mass is 16.6. The lowest BCUT2D eigenvalue weighted by atomic mass is 10.1. The number of ether oxygens (including phenoxy) is 2. The summed E-state index contributed by atoms with van der Waals surface area (Å²) in [5, 5.41) is 0. The number of benzene rings is 1. The molecule has 0 aliphatic rings. The van der Waals surface area contributed by atoms with E-state index < -0.39 is 0 Å². The minimum Gasteiger partial charge on any atom is -0.490 e. The number of unbranched alkanes of at least 4 members (excludes halogenated alkanes) is 11. The Bertz CT molecular complexity index is 496. The van der Waals surface area contributed by atoms with Crippen LogP contribution in [0, 0.1) is 6.92 Å². The van der Waals surface area contributed by atoms with Gasteiger partial charge in [0.2, 0.25) is 0 Å². The quantitative estimate of drug-likeness (QED) is 0.191. The standard InChI is InChI=1S/C23H38O3/c1-4-5-6-7-8-9-10-11-12-13-14-15-18-25-22-17-16-20(2)19-23(22)26-21(3)24/h16-17,19H,4-15,18H2,1-3H3. The van der Waals surface area contributed by atoms with E-state index in [0.29, 0.717) is 18.1 Å². The average Bonchev–Trinajstić information content (AvgIpc) is 2.60. The molecule has 0 heterocycles. The second kappa shape index (κ2) is 14.6. The zero-order valence-corrected chi connectivity index (χ0v) is 17.1. The number of carbonyl (C=O) groups excluding carboxylic acids is 1. The molecule has 0 radical (unpaired) electrons. The van der Waals surface area contributed by atoms with Gasteiger partial charge in [0.15, 0.2) is 11.5 Å². The van der Waals surface area contributed by atoms with Gasteiger partial charge in [0.1, 0.15) is 0 Å². The van der Waals surface area contributed by atoms with Gasteiger partial charge in [-0.15, -0.1) is 0 Å². The molecule has 0 unspecified atom stereocenters. The SMILES string of the molecule is CCCCCCCCCCCCCCOc1ccc(C)cc1OC(C)=O. The molecule has 26 heavy (non-hydrogen) atoms. The third kappa shape index (κ3) is 11.2. The van der Waals surface area contributed by atoms with Gasteiger partial charge in [-0.3, -0.25) is 4.79 Å². The Hall–Kier alpha value is -1.51. The topological polar surface area (TPSA) is 35.5 Å². The van der Waals surface area contributed by atoms with Crippen LogP contribution in [-0.2, 0) is 4.79 Å². The van der Waals surface area contributed by atoms with Crippen LogP contribution in [0.15, 0.2) is 18.2 Å². The number of carbonyl (C=O) groups is 1. The van der Waals surface area contributed by atoms with Crippen molar-refractivity contribution in [1.29, 1.82) is 0 Å². The van der Waals surface area contributed by atoms with Gasteiger partial charge in [0.25, 0.3) is 0 Å². The molecular formula is C23H38O3. The van der Waals surface area contributed by atoms with Crippen LogP contribution in [0.3, 0.4) is 0 Å². The molecule has 0 bridgehead atoms. The Kier molecular flexibility index (Phi) is 12.7. The summed E-state index contributed by atoms with van der Waals surface area (Å²) in [6, 6.07) is 5.71. The lowest BCUT2D eigenvalue weighted by Crippen LogP contribution is -2.05. The van der Waals surface area contributed by atoms with Gasteiger partial charge in [-0.05, 0) is 31.0 Å². The third-order valence-corrected chi connectivity index (χ3v) is 4.61. The highest BCUT2D eigenvalue weighted by Crippen LogP contribution is 2.28. The molecule has 0 aromatic heterocycles. The van der Waals surface area contributed by atoms with Crippen LogP contribution in [0.5, 0.6) is 11.5 Å². The number of rotatable bonds is 15. The number of hydrogen-bond donors (Lipinski definition) is 0. The number of hydrogen-bond acceptors (Lipinski definition) is 3. The Balaban J connectivity index is 2.03. The van der Waals surface area contributed by atoms with Gasteiger partial charge in [0.05, 0.1) is 6.61 Å². The van der Waals surface area contributed by atoms with Crippen molar-refractivity contribution in [2.24, 2.45) is 0 Å². The molecule has 0 aliphatic carbocycles. The van der Waals surface area contributed by atoms with Crippen molar-refractivity contribution in [3.8, 4) is 11.5 Å². The summed E-state index contributed by atoms with van der Waals surface area (Å²) >= 11 is 0. The molecule has 0 saturated carbocycles. The second-order valence-electron chi connectivity index (χ2n) is 7.28. The smallest absolute Gasteiger partial charge is 0.308 e. The fourth-order valence-electron chi connectivity index (χ4n) is 3.09. The molecule has 0 saturated heterocycles. The average molecular weight is 363 g/mol. The summed E-state index contributed by atoms with van der Waals surface area (Å²) in [5.74, 6) is 0.871. The van der Waals surface area contributed by atoms with E-state index >= 15 is 0 Å². The van der Waals surface area contributed by atoms with Gasteiger partial charge in [-0.1, -0.05) is 83.6 Å². The predicted octanol–water partition coefficient (Wildman–Crippen LogP) is 7.00. The molecule has 148 valence electrons. The van der Waals surface area contributed by atoms with E-state index in [1.807, 2.05) is 25.1 Å². The van der Waals surface area contributed by atoms with Crippen molar-refractivity contribution in [1.82, 2.24) is 0 Å². The van der Waals surface area contributed by atoms with E-state index in [1.54, 1.807) is 0 Å². The summed E-state index contributed by atoms with van der Waals surface area (Å²) < 4.78 is 11.0. The van der Waals surface area contributed by atoms with E-state index in [4.69, 9.17) is 9.47 Å². The molecule has 0 amide bonds. The fourth-order valence-corrected chi connectivity index (χ4v) is 3.09. The minimum atomic E-state index is -0.314. The van der Waals surface area contributed by atoms with E-state index in [1.165, 1.54) is 77.6 Å². The summed E-state index contributed by atoms with van der Waals surface area (Å²) in [4.78, 5) is 11.2. The van der Waals surface area contributed by atoms with E-state index in [-0.39, 0.29) is 5.97 Å². The Morgan fingerprint density at radius 3 is 1.88 bits per heavy atom. The molecular weight excluding hydrogens is 324 g/mol. The van der Waals surface area contributed by atoms with Crippen molar-refractivity contribution < 1.29 is 14.3 Å². The lowest BCUT2D eigenvalue weighted by molar-refractivity contribution is -0.132. The minimum absolute atomic E-state index is 0.314. The summed E-state index contributed by atoms with van der Waals surface area (Å²) in [6.45, 7) is 6.33. The first-order valence-electron chi connectivity index (χ1n) is 10.6. The first-order valence-corrected chi connectivity index (χ1v) is 10.6. The second-order valence-corrected chi connectivity index (χ2v) is 7.28. The van der Waals surface area contributed by atoms with Crippen LogP contribution in [0.1, 0.15) is 96.5 Å². The van der Waals surface area contributed by atoms with E-state index in [2.05, 4.69) is 6.92 Å². The van der Waals surface area contributed by atoms with E-state index in [9.17, 15) is 4.79 Å². The summed E-state index contributed by atoms with van der Waals surface area (Å²) in [7, 11) is 0. The molecule has 0 atom stereocenters. The molecule has 0 fully saturated rings. The monoisotopic (exact) mass is 362 g/mol. The fraction of sp³-hybridized carbons (Fsp3) is 0.696. The third-order valence-electron chi connectivity index (χ3n) is 4.61. The molecule has 0 N–H and O–H groups in total. The van der Waals surface area contributed by atoms with Crippen molar-refractivity contribution in [2.45, 2.75) is 97.8 Å². The molecule has 3 heteroatoms. The van der Waals surface area contributed by atoms with Crippen LogP contribution in [0.4, 0.5) is 0 Å². The maximum absolute atomic E-state index is 11.2. The normalized spacial score (nSPS) is 10.7. The van der Waals surface area contributed by atoms with Gasteiger partial charge >= 0.3 is 5.97 Å². The van der Waals surface area contributed by atoms with Crippen molar-refractivity contribution in [2.75, 3.05) is 6.61 Å². The van der Waals surface area contributed by atoms with Crippen LogP contribution >= 0.6 is 0 Å². The highest BCUT2D eigenvalue weighted by molar-refractivity contribution is 5.70. The van der Waals surface area contributed by atoms with Gasteiger partial charge in [0, 0.05) is 6.92 Å². The van der Waals surface area contributed by atoms with Gasteiger partial charge in [-0.2, -0.15) is 0 Å². The zero-order valence-electron chi connectivity index (χ0n) is 17.1. The zero-order chi connectivity index (χ0) is 19.0.